The molecule has 0 radical (unpaired) electrons. The first kappa shape index (κ1) is 19.7. The number of anilines is 2. The summed E-state index contributed by atoms with van der Waals surface area (Å²) in [4.78, 5) is 10.5. The largest absolute Gasteiger partial charge is 0.338 e. The van der Waals surface area contributed by atoms with E-state index in [0.29, 0.717) is 6.04 Å². The molecule has 0 amide bonds. The van der Waals surface area contributed by atoms with Crippen LogP contribution in [0.5, 0.6) is 0 Å². The van der Waals surface area contributed by atoms with E-state index in [9.17, 15) is 0 Å². The minimum absolute atomic E-state index is 0.507. The van der Waals surface area contributed by atoms with Gasteiger partial charge in [0.2, 0.25) is 0 Å². The summed E-state index contributed by atoms with van der Waals surface area (Å²) >= 11 is 1.89. The van der Waals surface area contributed by atoms with Crippen molar-refractivity contribution >= 4 is 23.1 Å². The van der Waals surface area contributed by atoms with Crippen LogP contribution in [0.1, 0.15) is 12.5 Å². The van der Waals surface area contributed by atoms with Crippen LogP contribution < -0.4 is 4.90 Å². The van der Waals surface area contributed by atoms with Crippen LogP contribution in [0.25, 0.3) is 0 Å². The lowest BCUT2D eigenvalue weighted by Gasteiger charge is -2.41. The van der Waals surface area contributed by atoms with Crippen LogP contribution in [0.2, 0.25) is 0 Å². The van der Waals surface area contributed by atoms with Crippen LogP contribution >= 0.6 is 11.8 Å². The molecular weight excluding hydrogens is 386 g/mol. The monoisotopic (exact) mass is 415 g/mol. The minimum atomic E-state index is 0.507. The number of hydrogen-bond acceptors (Lipinski definition) is 4. The molecule has 0 bridgehead atoms. The van der Waals surface area contributed by atoms with E-state index in [0.717, 1.165) is 39.3 Å². The normalized spacial score (nSPS) is 18.0. The fraction of sp³-hybridized carbons (Fsp3) is 0.308. The molecule has 0 N–H and O–H groups in total. The predicted octanol–water partition coefficient (Wildman–Crippen LogP) is 5.50. The summed E-state index contributed by atoms with van der Waals surface area (Å²) in [6, 6.07) is 29.0. The number of fused-ring (bicyclic) bond motifs is 2. The molecule has 30 heavy (non-hydrogen) atoms. The topological polar surface area (TPSA) is 9.72 Å². The maximum Gasteiger partial charge on any atom is 0.0553 e. The van der Waals surface area contributed by atoms with Crippen molar-refractivity contribution in [1.82, 2.24) is 9.80 Å². The number of para-hydroxylation sites is 2. The average Bonchev–Trinajstić information content (AvgIpc) is 2.80. The van der Waals surface area contributed by atoms with Gasteiger partial charge in [-0.05, 0) is 36.8 Å². The number of piperazine rings is 1. The van der Waals surface area contributed by atoms with E-state index in [1.165, 1.54) is 26.7 Å². The van der Waals surface area contributed by atoms with Gasteiger partial charge < -0.3 is 4.90 Å². The van der Waals surface area contributed by atoms with Gasteiger partial charge in [0.15, 0.2) is 0 Å². The summed E-state index contributed by atoms with van der Waals surface area (Å²) in [5.74, 6) is 0. The highest BCUT2D eigenvalue weighted by Gasteiger charge is 2.27. The van der Waals surface area contributed by atoms with Crippen molar-refractivity contribution in [2.24, 2.45) is 0 Å². The van der Waals surface area contributed by atoms with Gasteiger partial charge in [-0.1, -0.05) is 66.4 Å². The highest BCUT2D eigenvalue weighted by molar-refractivity contribution is 7.99. The predicted molar refractivity (Wildman–Crippen MR) is 127 cm³/mol. The number of hydrogen-bond donors (Lipinski definition) is 0. The van der Waals surface area contributed by atoms with Crippen molar-refractivity contribution in [2.75, 3.05) is 37.6 Å². The van der Waals surface area contributed by atoms with E-state index in [1.807, 2.05) is 11.8 Å². The Morgan fingerprint density at radius 3 is 1.93 bits per heavy atom. The summed E-state index contributed by atoms with van der Waals surface area (Å²) in [5, 5.41) is 0. The quantitative estimate of drug-likeness (QED) is 0.544. The van der Waals surface area contributed by atoms with Crippen molar-refractivity contribution in [3.63, 3.8) is 0 Å². The van der Waals surface area contributed by atoms with Gasteiger partial charge in [0, 0.05) is 55.1 Å². The number of nitrogens with zero attached hydrogens (tertiary/aromatic N) is 3. The van der Waals surface area contributed by atoms with E-state index >= 15 is 0 Å². The first-order valence-corrected chi connectivity index (χ1v) is 11.7. The molecule has 3 nitrogen and oxygen atoms in total. The van der Waals surface area contributed by atoms with Gasteiger partial charge in [-0.2, -0.15) is 0 Å². The lowest BCUT2D eigenvalue weighted by atomic mass is 10.1. The van der Waals surface area contributed by atoms with Gasteiger partial charge in [-0.25, -0.2) is 0 Å². The third-order valence-corrected chi connectivity index (χ3v) is 7.39. The smallest absolute Gasteiger partial charge is 0.0553 e. The first-order valence-electron chi connectivity index (χ1n) is 10.9. The molecule has 1 atom stereocenters. The molecule has 0 saturated carbocycles. The second kappa shape index (κ2) is 8.84. The Balaban J connectivity index is 1.26. The Bertz CT molecular complexity index is 937. The van der Waals surface area contributed by atoms with Gasteiger partial charge in [-0.15, -0.1) is 0 Å². The van der Waals surface area contributed by atoms with Gasteiger partial charge in [-0.3, -0.25) is 9.80 Å². The summed E-state index contributed by atoms with van der Waals surface area (Å²) in [7, 11) is 0. The molecule has 1 fully saturated rings. The first-order chi connectivity index (χ1) is 14.8. The van der Waals surface area contributed by atoms with Crippen LogP contribution in [0.4, 0.5) is 11.4 Å². The zero-order valence-electron chi connectivity index (χ0n) is 17.6. The van der Waals surface area contributed by atoms with E-state index in [2.05, 4.69) is 100 Å². The molecule has 0 aromatic heterocycles. The molecule has 3 aromatic carbocycles. The summed E-state index contributed by atoms with van der Waals surface area (Å²) < 4.78 is 0. The SMILES string of the molecule is CC(CN1c2ccccc2Sc2ccccc21)N1CCN(Cc2ccccc2)CC1. The zero-order chi connectivity index (χ0) is 20.3. The fourth-order valence-electron chi connectivity index (χ4n) is 4.56. The van der Waals surface area contributed by atoms with Crippen molar-refractivity contribution in [2.45, 2.75) is 29.3 Å². The third-order valence-electron chi connectivity index (χ3n) is 6.26. The Hall–Kier alpha value is -2.27. The van der Waals surface area contributed by atoms with Crippen molar-refractivity contribution in [3.05, 3.63) is 84.4 Å². The molecule has 5 rings (SSSR count). The molecule has 3 aromatic rings. The number of benzene rings is 3. The zero-order valence-corrected chi connectivity index (χ0v) is 18.4. The standard InChI is InChI=1S/C26H29N3S/c1-21(28-17-15-27(16-18-28)20-22-9-3-2-4-10-22)19-29-23-11-5-7-13-25(23)30-26-14-8-6-12-24(26)29/h2-14,21H,15-20H2,1H3. The van der Waals surface area contributed by atoms with Crippen LogP contribution in [0.3, 0.4) is 0 Å². The van der Waals surface area contributed by atoms with Gasteiger partial charge in [0.25, 0.3) is 0 Å². The maximum atomic E-state index is 2.66. The molecule has 1 saturated heterocycles. The lowest BCUT2D eigenvalue weighted by Crippen LogP contribution is -2.51. The highest BCUT2D eigenvalue weighted by atomic mass is 32.2. The molecule has 2 aliphatic heterocycles. The Labute approximate surface area is 184 Å². The van der Waals surface area contributed by atoms with Crippen LogP contribution in [0, 0.1) is 0 Å². The second-order valence-corrected chi connectivity index (χ2v) is 9.38. The van der Waals surface area contributed by atoms with Crippen molar-refractivity contribution in [3.8, 4) is 0 Å². The summed E-state index contributed by atoms with van der Waals surface area (Å²) in [6.45, 7) is 9.03. The maximum absolute atomic E-state index is 2.66. The van der Waals surface area contributed by atoms with E-state index in [4.69, 9.17) is 0 Å². The molecular formula is C26H29N3S. The summed E-state index contributed by atoms with van der Waals surface area (Å²) in [6.07, 6.45) is 0. The van der Waals surface area contributed by atoms with Gasteiger partial charge in [0.1, 0.15) is 0 Å². The number of rotatable bonds is 5. The lowest BCUT2D eigenvalue weighted by molar-refractivity contribution is 0.100. The van der Waals surface area contributed by atoms with Crippen molar-refractivity contribution < 1.29 is 0 Å². The van der Waals surface area contributed by atoms with E-state index in [-0.39, 0.29) is 0 Å². The fourth-order valence-corrected chi connectivity index (χ4v) is 5.66. The molecule has 0 aliphatic carbocycles. The van der Waals surface area contributed by atoms with Crippen LogP contribution in [-0.2, 0) is 6.54 Å². The average molecular weight is 416 g/mol. The molecule has 2 heterocycles. The van der Waals surface area contributed by atoms with E-state index < -0.39 is 0 Å². The molecule has 1 unspecified atom stereocenters. The van der Waals surface area contributed by atoms with Gasteiger partial charge >= 0.3 is 0 Å². The van der Waals surface area contributed by atoms with Gasteiger partial charge in [0.05, 0.1) is 11.4 Å². The summed E-state index contributed by atoms with van der Waals surface area (Å²) in [5.41, 5.74) is 4.10. The molecule has 154 valence electrons. The molecule has 0 spiro atoms. The van der Waals surface area contributed by atoms with Crippen LogP contribution in [0.15, 0.2) is 88.7 Å². The molecule has 4 heteroatoms. The Morgan fingerprint density at radius 1 is 0.733 bits per heavy atom. The highest BCUT2D eigenvalue weighted by Crippen LogP contribution is 2.47. The minimum Gasteiger partial charge on any atom is -0.338 e. The second-order valence-electron chi connectivity index (χ2n) is 8.29. The molecule has 2 aliphatic rings. The van der Waals surface area contributed by atoms with E-state index in [1.54, 1.807) is 0 Å². The Kier molecular flexibility index (Phi) is 5.80. The van der Waals surface area contributed by atoms with Crippen molar-refractivity contribution in [1.29, 1.82) is 0 Å². The third kappa shape index (κ3) is 4.13. The Morgan fingerprint density at radius 2 is 1.30 bits per heavy atom. The van der Waals surface area contributed by atoms with Crippen LogP contribution in [-0.4, -0.2) is 48.6 Å².